The van der Waals surface area contributed by atoms with Gasteiger partial charge in [0.15, 0.2) is 0 Å². The first kappa shape index (κ1) is 12.6. The lowest BCUT2D eigenvalue weighted by molar-refractivity contribution is -0.117. The van der Waals surface area contributed by atoms with Crippen molar-refractivity contribution in [3.63, 3.8) is 0 Å². The predicted molar refractivity (Wildman–Crippen MR) is 79.9 cm³/mol. The Morgan fingerprint density at radius 1 is 1.29 bits per heavy atom. The lowest BCUT2D eigenvalue weighted by atomic mass is 9.86. The number of aromatic nitrogens is 2. The zero-order valence-corrected chi connectivity index (χ0v) is 11.8. The maximum atomic E-state index is 12.6. The number of carbonyl (C=O) groups excluding carboxylic acids is 1. The number of hydrogen-bond donors (Lipinski definition) is 3. The van der Waals surface area contributed by atoms with E-state index < -0.39 is 0 Å². The highest BCUT2D eigenvalue weighted by Crippen LogP contribution is 2.31. The second-order valence-electron chi connectivity index (χ2n) is 5.83. The van der Waals surface area contributed by atoms with Crippen LogP contribution in [0.2, 0.25) is 0 Å². The Morgan fingerprint density at radius 3 is 3.14 bits per heavy atom. The van der Waals surface area contributed by atoms with Crippen molar-refractivity contribution in [3.8, 4) is 0 Å². The van der Waals surface area contributed by atoms with Crippen molar-refractivity contribution < 1.29 is 4.79 Å². The van der Waals surface area contributed by atoms with Crippen LogP contribution in [0.25, 0.3) is 0 Å². The average molecular weight is 282 g/mol. The highest BCUT2D eigenvalue weighted by Gasteiger charge is 2.28. The quantitative estimate of drug-likeness (QED) is 0.789. The van der Waals surface area contributed by atoms with Crippen LogP contribution in [0.3, 0.4) is 0 Å². The number of rotatable bonds is 2. The van der Waals surface area contributed by atoms with Crippen LogP contribution in [0.5, 0.6) is 0 Å². The summed E-state index contributed by atoms with van der Waals surface area (Å²) in [6.07, 6.45) is 4.71. The lowest BCUT2D eigenvalue weighted by Crippen LogP contribution is -2.24. The van der Waals surface area contributed by atoms with E-state index in [0.717, 1.165) is 49.3 Å². The Hall–Kier alpha value is -2.14. The standard InChI is InChI=1S/C16H18N4O/c21-16(13-2-1-3-15-14(13)9-18-20-15)19-12-5-4-10-7-17-8-11(10)6-12/h4-6,9,13,17H,1-3,7-8H2,(H,18,20)(H,19,21)/t13-/m0/s1. The van der Waals surface area contributed by atoms with E-state index in [1.54, 1.807) is 6.20 Å². The largest absolute Gasteiger partial charge is 0.326 e. The molecule has 2 aliphatic rings. The number of nitrogens with zero attached hydrogens (tertiary/aromatic N) is 1. The first-order chi connectivity index (χ1) is 10.3. The van der Waals surface area contributed by atoms with E-state index in [4.69, 9.17) is 0 Å². The van der Waals surface area contributed by atoms with E-state index >= 15 is 0 Å². The molecule has 108 valence electrons. The van der Waals surface area contributed by atoms with Crippen molar-refractivity contribution in [2.75, 3.05) is 5.32 Å². The molecule has 1 aliphatic heterocycles. The van der Waals surface area contributed by atoms with Crippen LogP contribution in [-0.2, 0) is 24.3 Å². The Labute approximate surface area is 123 Å². The summed E-state index contributed by atoms with van der Waals surface area (Å²) in [7, 11) is 0. The molecule has 0 spiro atoms. The van der Waals surface area contributed by atoms with Gasteiger partial charge in [0.25, 0.3) is 0 Å². The minimum atomic E-state index is -0.0844. The zero-order valence-electron chi connectivity index (χ0n) is 11.8. The molecule has 1 aliphatic carbocycles. The average Bonchev–Trinajstić information content (AvgIpc) is 3.14. The van der Waals surface area contributed by atoms with Gasteiger partial charge >= 0.3 is 0 Å². The van der Waals surface area contributed by atoms with Gasteiger partial charge in [-0.3, -0.25) is 9.89 Å². The molecule has 5 nitrogen and oxygen atoms in total. The van der Waals surface area contributed by atoms with Crippen molar-refractivity contribution in [1.82, 2.24) is 15.5 Å². The molecule has 1 atom stereocenters. The highest BCUT2D eigenvalue weighted by molar-refractivity contribution is 5.96. The topological polar surface area (TPSA) is 69.8 Å². The van der Waals surface area contributed by atoms with Crippen LogP contribution in [0.15, 0.2) is 24.4 Å². The van der Waals surface area contributed by atoms with Crippen LogP contribution < -0.4 is 10.6 Å². The van der Waals surface area contributed by atoms with E-state index in [1.165, 1.54) is 11.1 Å². The maximum absolute atomic E-state index is 12.6. The van der Waals surface area contributed by atoms with Crippen LogP contribution in [0, 0.1) is 0 Å². The Morgan fingerprint density at radius 2 is 2.19 bits per heavy atom. The van der Waals surface area contributed by atoms with Gasteiger partial charge in [-0.05, 0) is 42.5 Å². The zero-order chi connectivity index (χ0) is 14.2. The van der Waals surface area contributed by atoms with Gasteiger partial charge in [-0.25, -0.2) is 0 Å². The van der Waals surface area contributed by atoms with Crippen LogP contribution in [0.4, 0.5) is 5.69 Å². The van der Waals surface area contributed by atoms with Crippen LogP contribution in [0.1, 0.15) is 41.1 Å². The molecule has 21 heavy (non-hydrogen) atoms. The summed E-state index contributed by atoms with van der Waals surface area (Å²) < 4.78 is 0. The van der Waals surface area contributed by atoms with Gasteiger partial charge in [-0.2, -0.15) is 5.10 Å². The van der Waals surface area contributed by atoms with Crippen molar-refractivity contribution in [2.45, 2.75) is 38.3 Å². The van der Waals surface area contributed by atoms with Gasteiger partial charge < -0.3 is 10.6 Å². The van der Waals surface area contributed by atoms with Crippen molar-refractivity contribution in [3.05, 3.63) is 46.8 Å². The van der Waals surface area contributed by atoms with E-state index in [-0.39, 0.29) is 11.8 Å². The summed E-state index contributed by atoms with van der Waals surface area (Å²) in [6, 6.07) is 6.16. The third kappa shape index (κ3) is 2.23. The molecule has 4 rings (SSSR count). The number of aromatic amines is 1. The summed E-state index contributed by atoms with van der Waals surface area (Å²) in [5, 5.41) is 13.5. The monoisotopic (exact) mass is 282 g/mol. The van der Waals surface area contributed by atoms with Crippen LogP contribution >= 0.6 is 0 Å². The second kappa shape index (κ2) is 5.00. The highest BCUT2D eigenvalue weighted by atomic mass is 16.1. The molecule has 1 aromatic carbocycles. The van der Waals surface area contributed by atoms with Gasteiger partial charge in [-0.15, -0.1) is 0 Å². The maximum Gasteiger partial charge on any atom is 0.232 e. The number of hydrogen-bond acceptors (Lipinski definition) is 3. The van der Waals surface area contributed by atoms with Crippen molar-refractivity contribution in [1.29, 1.82) is 0 Å². The fourth-order valence-electron chi connectivity index (χ4n) is 3.34. The summed E-state index contributed by atoms with van der Waals surface area (Å²) in [5.41, 5.74) is 5.66. The van der Waals surface area contributed by atoms with Gasteiger partial charge in [0.1, 0.15) is 0 Å². The molecule has 0 saturated carbocycles. The van der Waals surface area contributed by atoms with E-state index in [1.807, 2.05) is 6.07 Å². The van der Waals surface area contributed by atoms with Gasteiger partial charge in [-0.1, -0.05) is 6.07 Å². The Kier molecular flexibility index (Phi) is 3.00. The van der Waals surface area contributed by atoms with E-state index in [0.29, 0.717) is 0 Å². The Bertz CT molecular complexity index is 691. The minimum absolute atomic E-state index is 0.0725. The third-order valence-corrected chi connectivity index (χ3v) is 4.47. The molecular weight excluding hydrogens is 264 g/mol. The number of fused-ring (bicyclic) bond motifs is 2. The van der Waals surface area contributed by atoms with Gasteiger partial charge in [0.2, 0.25) is 5.91 Å². The second-order valence-corrected chi connectivity index (χ2v) is 5.83. The fraction of sp³-hybridized carbons (Fsp3) is 0.375. The molecule has 0 fully saturated rings. The Balaban J connectivity index is 1.54. The summed E-state index contributed by atoms with van der Waals surface area (Å²) in [5.74, 6) is -0.0119. The first-order valence-corrected chi connectivity index (χ1v) is 7.47. The lowest BCUT2D eigenvalue weighted by Gasteiger charge is -2.21. The van der Waals surface area contributed by atoms with Gasteiger partial charge in [0, 0.05) is 30.0 Å². The number of H-pyrrole nitrogens is 1. The van der Waals surface area contributed by atoms with Gasteiger partial charge in [0.05, 0.1) is 12.1 Å². The minimum Gasteiger partial charge on any atom is -0.326 e. The number of amides is 1. The molecule has 1 aromatic heterocycles. The molecule has 3 N–H and O–H groups in total. The first-order valence-electron chi connectivity index (χ1n) is 7.47. The molecule has 0 radical (unpaired) electrons. The molecule has 2 heterocycles. The molecule has 0 unspecified atom stereocenters. The fourth-order valence-corrected chi connectivity index (χ4v) is 3.34. The number of anilines is 1. The molecular formula is C16H18N4O. The third-order valence-electron chi connectivity index (χ3n) is 4.47. The summed E-state index contributed by atoms with van der Waals surface area (Å²) >= 11 is 0. The molecule has 2 aromatic rings. The summed E-state index contributed by atoms with van der Waals surface area (Å²) in [4.78, 5) is 12.6. The predicted octanol–water partition coefficient (Wildman–Crippen LogP) is 2.07. The van der Waals surface area contributed by atoms with Crippen LogP contribution in [-0.4, -0.2) is 16.1 Å². The molecule has 1 amide bonds. The van der Waals surface area contributed by atoms with Crippen molar-refractivity contribution >= 4 is 11.6 Å². The normalized spacial score (nSPS) is 19.9. The number of benzene rings is 1. The number of aryl methyl sites for hydroxylation is 1. The number of nitrogens with one attached hydrogen (secondary N) is 3. The summed E-state index contributed by atoms with van der Waals surface area (Å²) in [6.45, 7) is 1.80. The molecule has 0 saturated heterocycles. The molecule has 5 heteroatoms. The molecule has 0 bridgehead atoms. The number of carbonyl (C=O) groups is 1. The van der Waals surface area contributed by atoms with E-state index in [9.17, 15) is 4.79 Å². The SMILES string of the molecule is O=C(Nc1ccc2c(c1)CNC2)[C@H]1CCCc2[nH]ncc21. The van der Waals surface area contributed by atoms with E-state index in [2.05, 4.69) is 33.0 Å². The smallest absolute Gasteiger partial charge is 0.232 e. The van der Waals surface area contributed by atoms with Crippen molar-refractivity contribution in [2.24, 2.45) is 0 Å².